The van der Waals surface area contributed by atoms with E-state index in [9.17, 15) is 9.90 Å². The topological polar surface area (TPSA) is 37.3 Å². The van der Waals surface area contributed by atoms with Gasteiger partial charge in [-0.1, -0.05) is 124 Å². The highest BCUT2D eigenvalue weighted by Gasteiger charge is 2.36. The highest BCUT2D eigenvalue weighted by Crippen LogP contribution is 2.37. The quantitative estimate of drug-likeness (QED) is 0.219. The van der Waals surface area contributed by atoms with Crippen LogP contribution in [0.5, 0.6) is 0 Å². The molecular weight excluding hydrogens is 320 g/mol. The van der Waals surface area contributed by atoms with Crippen molar-refractivity contribution in [1.29, 1.82) is 0 Å². The second-order valence-corrected chi connectivity index (χ2v) is 8.43. The molecule has 1 unspecified atom stereocenters. The third kappa shape index (κ3) is 12.8. The van der Waals surface area contributed by atoms with Crippen LogP contribution in [-0.4, -0.2) is 11.1 Å². The van der Waals surface area contributed by atoms with Gasteiger partial charge in [-0.25, -0.2) is 0 Å². The molecule has 1 N–H and O–H groups in total. The Bertz CT molecular complexity index is 313. The maximum Gasteiger partial charge on any atom is 0.309 e. The Morgan fingerprint density at radius 2 is 0.846 bits per heavy atom. The Morgan fingerprint density at radius 3 is 1.23 bits per heavy atom. The number of aliphatic carboxylic acids is 1. The van der Waals surface area contributed by atoms with Crippen LogP contribution in [0.15, 0.2) is 0 Å². The van der Waals surface area contributed by atoms with Gasteiger partial charge in [-0.15, -0.1) is 0 Å². The van der Waals surface area contributed by atoms with Crippen LogP contribution in [0, 0.1) is 5.41 Å². The van der Waals surface area contributed by atoms with Crippen molar-refractivity contribution in [2.75, 3.05) is 0 Å². The predicted molar refractivity (Wildman–Crippen MR) is 115 cm³/mol. The van der Waals surface area contributed by atoms with Gasteiger partial charge in [0.05, 0.1) is 5.41 Å². The molecule has 2 nitrogen and oxygen atoms in total. The molecule has 0 spiro atoms. The lowest BCUT2D eigenvalue weighted by molar-refractivity contribution is -0.150. The van der Waals surface area contributed by atoms with E-state index >= 15 is 0 Å². The first-order chi connectivity index (χ1) is 12.6. The number of hydrogen-bond acceptors (Lipinski definition) is 1. The lowest BCUT2D eigenvalue weighted by atomic mass is 9.74. The molecule has 0 aromatic carbocycles. The molecule has 0 saturated carbocycles. The van der Waals surface area contributed by atoms with Crippen molar-refractivity contribution in [3.8, 4) is 0 Å². The molecule has 1 atom stereocenters. The predicted octanol–water partition coefficient (Wildman–Crippen LogP) is 8.53. The van der Waals surface area contributed by atoms with Crippen LogP contribution in [0.3, 0.4) is 0 Å². The maximum absolute atomic E-state index is 12.1. The molecule has 0 aliphatic carbocycles. The minimum atomic E-state index is -0.529. The number of unbranched alkanes of at least 4 members (excludes halogenated alkanes) is 13. The smallest absolute Gasteiger partial charge is 0.309 e. The molecule has 26 heavy (non-hydrogen) atoms. The summed E-state index contributed by atoms with van der Waals surface area (Å²) in [4.78, 5) is 12.1. The van der Waals surface area contributed by atoms with E-state index in [1.54, 1.807) is 0 Å². The van der Waals surface area contributed by atoms with E-state index in [4.69, 9.17) is 0 Å². The second kappa shape index (κ2) is 17.9. The molecule has 0 aromatic rings. The van der Waals surface area contributed by atoms with Crippen LogP contribution >= 0.6 is 0 Å². The summed E-state index contributed by atoms with van der Waals surface area (Å²) >= 11 is 0. The number of carbonyl (C=O) groups is 1. The van der Waals surface area contributed by atoms with Crippen molar-refractivity contribution in [2.24, 2.45) is 5.41 Å². The van der Waals surface area contributed by atoms with Gasteiger partial charge in [0.15, 0.2) is 0 Å². The molecule has 0 amide bonds. The van der Waals surface area contributed by atoms with Gasteiger partial charge < -0.3 is 5.11 Å². The summed E-state index contributed by atoms with van der Waals surface area (Å²) in [6.45, 7) is 6.65. The Kier molecular flexibility index (Phi) is 17.5. The fourth-order valence-electron chi connectivity index (χ4n) is 4.05. The van der Waals surface area contributed by atoms with Crippen LogP contribution in [-0.2, 0) is 4.79 Å². The highest BCUT2D eigenvalue weighted by atomic mass is 16.4. The summed E-state index contributed by atoms with van der Waals surface area (Å²) in [6, 6.07) is 0. The normalized spacial score (nSPS) is 13.7. The van der Waals surface area contributed by atoms with Crippen molar-refractivity contribution in [3.05, 3.63) is 0 Å². The first-order valence-electron chi connectivity index (χ1n) is 11.9. The molecule has 0 radical (unpaired) electrons. The Morgan fingerprint density at radius 1 is 0.538 bits per heavy atom. The third-order valence-electron chi connectivity index (χ3n) is 5.98. The lowest BCUT2D eigenvalue weighted by Gasteiger charge is -2.30. The van der Waals surface area contributed by atoms with Gasteiger partial charge in [-0.3, -0.25) is 4.79 Å². The van der Waals surface area contributed by atoms with Gasteiger partial charge in [-0.05, 0) is 19.3 Å². The Balaban J connectivity index is 4.10. The Labute approximate surface area is 164 Å². The molecule has 2 heteroatoms. The molecular formula is C24H48O2. The van der Waals surface area contributed by atoms with Gasteiger partial charge in [-0.2, -0.15) is 0 Å². The van der Waals surface area contributed by atoms with E-state index in [0.717, 1.165) is 44.9 Å². The van der Waals surface area contributed by atoms with Crippen molar-refractivity contribution in [1.82, 2.24) is 0 Å². The molecule has 156 valence electrons. The third-order valence-corrected chi connectivity index (χ3v) is 5.98. The minimum Gasteiger partial charge on any atom is -0.481 e. The van der Waals surface area contributed by atoms with Crippen LogP contribution in [0.25, 0.3) is 0 Å². The van der Waals surface area contributed by atoms with E-state index in [0.29, 0.717) is 0 Å². The van der Waals surface area contributed by atoms with Gasteiger partial charge in [0.25, 0.3) is 0 Å². The van der Waals surface area contributed by atoms with Crippen molar-refractivity contribution < 1.29 is 9.90 Å². The largest absolute Gasteiger partial charge is 0.481 e. The van der Waals surface area contributed by atoms with E-state index < -0.39 is 11.4 Å². The maximum atomic E-state index is 12.1. The summed E-state index contributed by atoms with van der Waals surface area (Å²) in [6.07, 6.45) is 22.7. The summed E-state index contributed by atoms with van der Waals surface area (Å²) in [5, 5.41) is 9.95. The molecule has 0 heterocycles. The molecule has 0 rings (SSSR count). The average molecular weight is 369 g/mol. The summed E-state index contributed by atoms with van der Waals surface area (Å²) in [7, 11) is 0. The van der Waals surface area contributed by atoms with Crippen molar-refractivity contribution in [3.63, 3.8) is 0 Å². The van der Waals surface area contributed by atoms with Gasteiger partial charge in [0.1, 0.15) is 0 Å². The standard InChI is InChI=1S/C24H48O2/c1-4-7-10-12-13-14-15-16-17-19-22-24(23(25)26,20-9-6-3)21-18-11-8-5-2/h4-22H2,1-3H3,(H,25,26). The molecule has 0 bridgehead atoms. The summed E-state index contributed by atoms with van der Waals surface area (Å²) < 4.78 is 0. The fourth-order valence-corrected chi connectivity index (χ4v) is 4.05. The first-order valence-corrected chi connectivity index (χ1v) is 11.9. The van der Waals surface area contributed by atoms with E-state index in [2.05, 4.69) is 20.8 Å². The van der Waals surface area contributed by atoms with Crippen LogP contribution in [0.2, 0.25) is 0 Å². The van der Waals surface area contributed by atoms with Crippen LogP contribution < -0.4 is 0 Å². The lowest BCUT2D eigenvalue weighted by Crippen LogP contribution is -2.31. The van der Waals surface area contributed by atoms with Gasteiger partial charge in [0.2, 0.25) is 0 Å². The van der Waals surface area contributed by atoms with Crippen LogP contribution in [0.1, 0.15) is 143 Å². The van der Waals surface area contributed by atoms with Crippen molar-refractivity contribution >= 4 is 5.97 Å². The molecule has 0 aromatic heterocycles. The van der Waals surface area contributed by atoms with E-state index in [1.165, 1.54) is 77.0 Å². The van der Waals surface area contributed by atoms with Gasteiger partial charge in [0, 0.05) is 0 Å². The van der Waals surface area contributed by atoms with Crippen molar-refractivity contribution in [2.45, 2.75) is 143 Å². The monoisotopic (exact) mass is 368 g/mol. The molecule has 0 saturated heterocycles. The number of carboxylic acids is 1. The van der Waals surface area contributed by atoms with Gasteiger partial charge >= 0.3 is 5.97 Å². The minimum absolute atomic E-state index is 0.441. The van der Waals surface area contributed by atoms with E-state index in [1.807, 2.05) is 0 Å². The van der Waals surface area contributed by atoms with Crippen LogP contribution in [0.4, 0.5) is 0 Å². The first kappa shape index (κ1) is 25.5. The highest BCUT2D eigenvalue weighted by molar-refractivity contribution is 5.74. The summed E-state index contributed by atoms with van der Waals surface area (Å²) in [5.74, 6) is -0.529. The number of hydrogen-bond donors (Lipinski definition) is 1. The number of carboxylic acid groups (broad SMARTS) is 1. The summed E-state index contributed by atoms with van der Waals surface area (Å²) in [5.41, 5.74) is -0.441. The zero-order valence-electron chi connectivity index (χ0n) is 18.3. The molecule has 0 aliphatic heterocycles. The van der Waals surface area contributed by atoms with E-state index in [-0.39, 0.29) is 0 Å². The Hall–Kier alpha value is -0.530. The molecule has 0 fully saturated rings. The second-order valence-electron chi connectivity index (χ2n) is 8.43. The average Bonchev–Trinajstić information content (AvgIpc) is 2.63. The zero-order valence-corrected chi connectivity index (χ0v) is 18.3. The SMILES string of the molecule is CCCCCCCCCCCCC(CCCC)(CCCCCC)C(=O)O. The molecule has 0 aliphatic rings. The fraction of sp³-hybridized carbons (Fsp3) is 0.958. The zero-order chi connectivity index (χ0) is 19.5. The number of rotatable bonds is 20.